The largest absolute Gasteiger partial charge is 0.352 e. The quantitative estimate of drug-likeness (QED) is 0.844. The molecule has 0 spiro atoms. The lowest BCUT2D eigenvalue weighted by atomic mass is 9.98. The maximum absolute atomic E-state index is 11.6. The molecule has 0 heterocycles. The molecule has 1 N–H and O–H groups in total. The van der Waals surface area contributed by atoms with Gasteiger partial charge in [0.2, 0.25) is 0 Å². The summed E-state index contributed by atoms with van der Waals surface area (Å²) in [5.41, 5.74) is 3.14. The van der Waals surface area contributed by atoms with Crippen molar-refractivity contribution in [2.24, 2.45) is 0 Å². The van der Waals surface area contributed by atoms with E-state index in [2.05, 4.69) is 23.5 Å². The second-order valence-corrected chi connectivity index (χ2v) is 4.08. The minimum absolute atomic E-state index is 0.00721. The number of carbonyl (C=O) groups is 1. The van der Waals surface area contributed by atoms with Crippen molar-refractivity contribution < 1.29 is 4.79 Å². The highest BCUT2D eigenvalue weighted by Crippen LogP contribution is 2.21. The van der Waals surface area contributed by atoms with Crippen LogP contribution in [0, 0.1) is 0 Å². The van der Waals surface area contributed by atoms with Crippen LogP contribution in [0.15, 0.2) is 42.5 Å². The van der Waals surface area contributed by atoms with E-state index in [-0.39, 0.29) is 5.91 Å². The fourth-order valence-corrected chi connectivity index (χ4v) is 1.90. The van der Waals surface area contributed by atoms with Crippen molar-refractivity contribution in [3.63, 3.8) is 0 Å². The van der Waals surface area contributed by atoms with Crippen molar-refractivity contribution in [3.05, 3.63) is 53.6 Å². The second kappa shape index (κ2) is 5.48. The number of benzene rings is 1. The maximum atomic E-state index is 11.6. The Hall–Kier alpha value is -1.83. The second-order valence-electron chi connectivity index (χ2n) is 4.08. The van der Waals surface area contributed by atoms with Gasteiger partial charge in [0.15, 0.2) is 0 Å². The van der Waals surface area contributed by atoms with E-state index in [0.717, 1.165) is 18.4 Å². The summed E-state index contributed by atoms with van der Waals surface area (Å²) in [6.45, 7) is 2.58. The number of amides is 1. The summed E-state index contributed by atoms with van der Waals surface area (Å²) in [5, 5.41) is 2.79. The molecule has 1 aromatic carbocycles. The highest BCUT2D eigenvalue weighted by Gasteiger charge is 2.05. The normalized spacial score (nSPS) is 14.3. The number of rotatable bonds is 3. The Morgan fingerprint density at radius 2 is 2.00 bits per heavy atom. The molecule has 0 unspecified atom stereocenters. The van der Waals surface area contributed by atoms with Gasteiger partial charge in [-0.15, -0.1) is 0 Å². The summed E-state index contributed by atoms with van der Waals surface area (Å²) in [5.74, 6) is -0.00721. The molecule has 2 heteroatoms. The van der Waals surface area contributed by atoms with Crippen LogP contribution in [0.2, 0.25) is 0 Å². The highest BCUT2D eigenvalue weighted by molar-refractivity contribution is 5.94. The Balaban J connectivity index is 2.15. The molecule has 1 aliphatic rings. The zero-order valence-corrected chi connectivity index (χ0v) is 10.1. The lowest BCUT2D eigenvalue weighted by Gasteiger charge is -2.08. The molecular weight excluding hydrogens is 210 g/mol. The minimum Gasteiger partial charge on any atom is -0.352 e. The Kier molecular flexibility index (Phi) is 3.76. The van der Waals surface area contributed by atoms with Crippen molar-refractivity contribution in [3.8, 4) is 0 Å². The fraction of sp³-hybridized carbons (Fsp3) is 0.267. The number of hydrogen-bond donors (Lipinski definition) is 1. The summed E-state index contributed by atoms with van der Waals surface area (Å²) < 4.78 is 0. The van der Waals surface area contributed by atoms with E-state index >= 15 is 0 Å². The van der Waals surface area contributed by atoms with E-state index in [4.69, 9.17) is 0 Å². The molecule has 0 aromatic heterocycles. The van der Waals surface area contributed by atoms with E-state index in [1.54, 1.807) is 0 Å². The van der Waals surface area contributed by atoms with Crippen molar-refractivity contribution >= 4 is 11.5 Å². The first-order valence-corrected chi connectivity index (χ1v) is 6.06. The van der Waals surface area contributed by atoms with Crippen LogP contribution in [0.4, 0.5) is 0 Å². The summed E-state index contributed by atoms with van der Waals surface area (Å²) in [6, 6.07) is 7.77. The number of carbonyl (C=O) groups excluding carboxylic acids is 1. The van der Waals surface area contributed by atoms with Gasteiger partial charge in [0.05, 0.1) is 0 Å². The van der Waals surface area contributed by atoms with Gasteiger partial charge in [-0.05, 0) is 43.0 Å². The summed E-state index contributed by atoms with van der Waals surface area (Å²) in [7, 11) is 0. The van der Waals surface area contributed by atoms with Gasteiger partial charge >= 0.3 is 0 Å². The minimum atomic E-state index is -0.00721. The SMILES string of the molecule is CCNC(=O)c1ccc(C2=CCCC=C2)cc1. The highest BCUT2D eigenvalue weighted by atomic mass is 16.1. The molecule has 1 aromatic rings. The predicted octanol–water partition coefficient (Wildman–Crippen LogP) is 3.17. The Bertz CT molecular complexity index is 454. The van der Waals surface area contributed by atoms with Crippen LogP contribution >= 0.6 is 0 Å². The van der Waals surface area contributed by atoms with Crippen molar-refractivity contribution in [2.45, 2.75) is 19.8 Å². The Morgan fingerprint density at radius 1 is 1.24 bits per heavy atom. The lowest BCUT2D eigenvalue weighted by Crippen LogP contribution is -2.22. The van der Waals surface area contributed by atoms with Crippen LogP contribution in [0.1, 0.15) is 35.7 Å². The summed E-state index contributed by atoms with van der Waals surface area (Å²) in [6.07, 6.45) is 8.79. The van der Waals surface area contributed by atoms with Crippen LogP contribution in [0.5, 0.6) is 0 Å². The lowest BCUT2D eigenvalue weighted by molar-refractivity contribution is 0.0956. The molecule has 0 bridgehead atoms. The first-order valence-electron chi connectivity index (χ1n) is 6.06. The van der Waals surface area contributed by atoms with Crippen LogP contribution in [-0.4, -0.2) is 12.5 Å². The molecule has 0 saturated heterocycles. The Labute approximate surface area is 102 Å². The molecular formula is C15H17NO. The standard InChI is InChI=1S/C15H17NO/c1-2-16-15(17)14-10-8-13(9-11-14)12-6-4-3-5-7-12/h4,6-11H,2-3,5H2,1H3,(H,16,17). The first-order chi connectivity index (χ1) is 8.31. The summed E-state index contributed by atoms with van der Waals surface area (Å²) in [4.78, 5) is 11.6. The first kappa shape index (κ1) is 11.6. The molecule has 1 amide bonds. The zero-order chi connectivity index (χ0) is 12.1. The smallest absolute Gasteiger partial charge is 0.251 e. The van der Waals surface area contributed by atoms with Crippen LogP contribution in [-0.2, 0) is 0 Å². The Morgan fingerprint density at radius 3 is 2.59 bits per heavy atom. The molecule has 0 atom stereocenters. The van der Waals surface area contributed by atoms with Gasteiger partial charge in [-0.25, -0.2) is 0 Å². The maximum Gasteiger partial charge on any atom is 0.251 e. The van der Waals surface area contributed by atoms with Gasteiger partial charge in [0.1, 0.15) is 0 Å². The van der Waals surface area contributed by atoms with Crippen molar-refractivity contribution in [2.75, 3.05) is 6.54 Å². The third-order valence-corrected chi connectivity index (χ3v) is 2.81. The van der Waals surface area contributed by atoms with E-state index in [1.807, 2.05) is 31.2 Å². The monoisotopic (exact) mass is 227 g/mol. The molecule has 0 saturated carbocycles. The predicted molar refractivity (Wildman–Crippen MR) is 70.8 cm³/mol. The average molecular weight is 227 g/mol. The van der Waals surface area contributed by atoms with Crippen LogP contribution in [0.25, 0.3) is 5.57 Å². The molecule has 0 radical (unpaired) electrons. The molecule has 1 aliphatic carbocycles. The third kappa shape index (κ3) is 2.84. The van der Waals surface area contributed by atoms with Gasteiger partial charge in [0.25, 0.3) is 5.91 Å². The van der Waals surface area contributed by atoms with E-state index in [9.17, 15) is 4.79 Å². The van der Waals surface area contributed by atoms with Gasteiger partial charge in [-0.1, -0.05) is 30.4 Å². The van der Waals surface area contributed by atoms with E-state index < -0.39 is 0 Å². The van der Waals surface area contributed by atoms with Gasteiger partial charge < -0.3 is 5.32 Å². The molecule has 2 nitrogen and oxygen atoms in total. The molecule has 0 fully saturated rings. The topological polar surface area (TPSA) is 29.1 Å². The number of nitrogens with one attached hydrogen (secondary N) is 1. The fourth-order valence-electron chi connectivity index (χ4n) is 1.90. The third-order valence-electron chi connectivity index (χ3n) is 2.81. The van der Waals surface area contributed by atoms with Gasteiger partial charge in [0, 0.05) is 12.1 Å². The van der Waals surface area contributed by atoms with Gasteiger partial charge in [-0.2, -0.15) is 0 Å². The average Bonchev–Trinajstić information content (AvgIpc) is 2.40. The molecule has 88 valence electrons. The van der Waals surface area contributed by atoms with Crippen molar-refractivity contribution in [1.82, 2.24) is 5.32 Å². The molecule has 2 rings (SSSR count). The summed E-state index contributed by atoms with van der Waals surface area (Å²) >= 11 is 0. The zero-order valence-electron chi connectivity index (χ0n) is 10.1. The van der Waals surface area contributed by atoms with Crippen LogP contribution in [0.3, 0.4) is 0 Å². The van der Waals surface area contributed by atoms with Crippen molar-refractivity contribution in [1.29, 1.82) is 0 Å². The van der Waals surface area contributed by atoms with E-state index in [0.29, 0.717) is 6.54 Å². The molecule has 17 heavy (non-hydrogen) atoms. The molecule has 0 aliphatic heterocycles. The number of hydrogen-bond acceptors (Lipinski definition) is 1. The van der Waals surface area contributed by atoms with E-state index in [1.165, 1.54) is 11.1 Å². The van der Waals surface area contributed by atoms with Crippen LogP contribution < -0.4 is 5.32 Å². The number of allylic oxidation sites excluding steroid dienone is 4. The van der Waals surface area contributed by atoms with Gasteiger partial charge in [-0.3, -0.25) is 4.79 Å².